The molecule has 3 nitrogen and oxygen atoms in total. The summed E-state index contributed by atoms with van der Waals surface area (Å²) in [5, 5.41) is 6.05. The Morgan fingerprint density at radius 1 is 1.10 bits per heavy atom. The van der Waals surface area contributed by atoms with Gasteiger partial charge in [-0.3, -0.25) is 4.79 Å². The molecule has 0 saturated heterocycles. The van der Waals surface area contributed by atoms with Crippen molar-refractivity contribution >= 4 is 22.9 Å². The van der Waals surface area contributed by atoms with Crippen molar-refractivity contribution in [3.05, 3.63) is 48.0 Å². The van der Waals surface area contributed by atoms with Gasteiger partial charge in [0.15, 0.2) is 0 Å². The molecule has 3 heteroatoms. The summed E-state index contributed by atoms with van der Waals surface area (Å²) >= 11 is 0. The highest BCUT2D eigenvalue weighted by atomic mass is 16.2. The van der Waals surface area contributed by atoms with Crippen LogP contribution in [-0.4, -0.2) is 12.1 Å². The maximum Gasteiger partial charge on any atom is 0.271 e. The molecule has 21 heavy (non-hydrogen) atoms. The van der Waals surface area contributed by atoms with Gasteiger partial charge in [0, 0.05) is 11.8 Å². The lowest BCUT2D eigenvalue weighted by Gasteiger charge is -2.04. The van der Waals surface area contributed by atoms with Crippen molar-refractivity contribution in [1.82, 2.24) is 5.43 Å². The summed E-state index contributed by atoms with van der Waals surface area (Å²) in [5.74, 6) is -0.156. The van der Waals surface area contributed by atoms with E-state index in [1.54, 1.807) is 6.21 Å². The van der Waals surface area contributed by atoms with E-state index in [4.69, 9.17) is 0 Å². The third kappa shape index (κ3) is 4.42. The van der Waals surface area contributed by atoms with E-state index in [2.05, 4.69) is 17.5 Å². The van der Waals surface area contributed by atoms with Crippen LogP contribution in [0.3, 0.4) is 0 Å². The van der Waals surface area contributed by atoms with Crippen LogP contribution in [0.5, 0.6) is 0 Å². The first-order valence-electron chi connectivity index (χ1n) is 7.62. The van der Waals surface area contributed by atoms with Crippen molar-refractivity contribution in [2.45, 2.75) is 39.0 Å². The van der Waals surface area contributed by atoms with E-state index in [-0.39, 0.29) is 5.91 Å². The van der Waals surface area contributed by atoms with Crippen molar-refractivity contribution in [3.8, 4) is 0 Å². The van der Waals surface area contributed by atoms with Gasteiger partial charge in [0.2, 0.25) is 0 Å². The minimum atomic E-state index is -0.156. The van der Waals surface area contributed by atoms with Gasteiger partial charge in [-0.2, -0.15) is 5.10 Å². The molecule has 0 heterocycles. The number of hydrazone groups is 1. The Balaban J connectivity index is 1.92. The van der Waals surface area contributed by atoms with Crippen LogP contribution in [-0.2, 0) is 0 Å². The Kier molecular flexibility index (Phi) is 5.95. The molecular formula is C18H22N2O. The Bertz CT molecular complexity index is 614. The smallest absolute Gasteiger partial charge is 0.267 e. The summed E-state index contributed by atoms with van der Waals surface area (Å²) in [6, 6.07) is 13.6. The van der Waals surface area contributed by atoms with Gasteiger partial charge in [-0.15, -0.1) is 0 Å². The second-order valence-corrected chi connectivity index (χ2v) is 5.13. The third-order valence-electron chi connectivity index (χ3n) is 3.48. The van der Waals surface area contributed by atoms with Crippen LogP contribution in [0, 0.1) is 0 Å². The van der Waals surface area contributed by atoms with Crippen molar-refractivity contribution in [1.29, 1.82) is 0 Å². The maximum absolute atomic E-state index is 12.2. The highest BCUT2D eigenvalue weighted by Gasteiger charge is 2.07. The van der Waals surface area contributed by atoms with Crippen molar-refractivity contribution in [2.75, 3.05) is 0 Å². The molecule has 0 saturated carbocycles. The second-order valence-electron chi connectivity index (χ2n) is 5.13. The fourth-order valence-electron chi connectivity index (χ4n) is 2.31. The largest absolute Gasteiger partial charge is 0.271 e. The van der Waals surface area contributed by atoms with Gasteiger partial charge in [0.1, 0.15) is 0 Å². The molecule has 0 fully saturated rings. The van der Waals surface area contributed by atoms with Crippen molar-refractivity contribution < 1.29 is 4.79 Å². The topological polar surface area (TPSA) is 41.5 Å². The predicted molar refractivity (Wildman–Crippen MR) is 88.7 cm³/mol. The first-order chi connectivity index (χ1) is 10.3. The average molecular weight is 282 g/mol. The van der Waals surface area contributed by atoms with Crippen molar-refractivity contribution in [3.63, 3.8) is 0 Å². The third-order valence-corrected chi connectivity index (χ3v) is 3.48. The zero-order chi connectivity index (χ0) is 14.9. The second kappa shape index (κ2) is 8.20. The summed E-state index contributed by atoms with van der Waals surface area (Å²) < 4.78 is 0. The Morgan fingerprint density at radius 3 is 2.76 bits per heavy atom. The Labute approximate surface area is 126 Å². The number of amides is 1. The number of hydrogen-bond donors (Lipinski definition) is 1. The van der Waals surface area contributed by atoms with Gasteiger partial charge < -0.3 is 0 Å². The van der Waals surface area contributed by atoms with Gasteiger partial charge in [0.05, 0.1) is 0 Å². The van der Waals surface area contributed by atoms with E-state index in [0.29, 0.717) is 5.56 Å². The predicted octanol–water partition coefficient (Wildman–Crippen LogP) is 4.53. The lowest BCUT2D eigenvalue weighted by atomic mass is 10.0. The lowest BCUT2D eigenvalue weighted by molar-refractivity contribution is 0.0956. The molecule has 2 aromatic carbocycles. The normalized spacial score (nSPS) is 11.1. The molecule has 0 aliphatic carbocycles. The van der Waals surface area contributed by atoms with Crippen molar-refractivity contribution in [2.24, 2.45) is 5.10 Å². The number of rotatable bonds is 7. The van der Waals surface area contributed by atoms with Gasteiger partial charge in [0.25, 0.3) is 5.91 Å². The molecule has 0 spiro atoms. The molecule has 0 radical (unpaired) electrons. The summed E-state index contributed by atoms with van der Waals surface area (Å²) in [5.41, 5.74) is 3.28. The van der Waals surface area contributed by atoms with Gasteiger partial charge >= 0.3 is 0 Å². The summed E-state index contributed by atoms with van der Waals surface area (Å²) in [7, 11) is 0. The van der Waals surface area contributed by atoms with E-state index >= 15 is 0 Å². The maximum atomic E-state index is 12.2. The Hall–Kier alpha value is -2.16. The van der Waals surface area contributed by atoms with Gasteiger partial charge in [-0.1, -0.05) is 62.6 Å². The highest BCUT2D eigenvalue weighted by molar-refractivity contribution is 6.07. The van der Waals surface area contributed by atoms with E-state index in [1.807, 2.05) is 42.5 Å². The molecule has 0 unspecified atom stereocenters. The summed E-state index contributed by atoms with van der Waals surface area (Å²) in [6.45, 7) is 2.19. The van der Waals surface area contributed by atoms with Crippen LogP contribution < -0.4 is 5.43 Å². The molecular weight excluding hydrogens is 260 g/mol. The zero-order valence-electron chi connectivity index (χ0n) is 12.5. The molecule has 0 aliphatic heterocycles. The first kappa shape index (κ1) is 15.2. The summed E-state index contributed by atoms with van der Waals surface area (Å²) in [4.78, 5) is 12.2. The van der Waals surface area contributed by atoms with Crippen LogP contribution in [0.15, 0.2) is 47.6 Å². The summed E-state index contributed by atoms with van der Waals surface area (Å²) in [6.07, 6.45) is 7.54. The van der Waals surface area contributed by atoms with Gasteiger partial charge in [-0.05, 0) is 29.7 Å². The van der Waals surface area contributed by atoms with Crippen LogP contribution in [0.4, 0.5) is 0 Å². The molecule has 1 amide bonds. The highest BCUT2D eigenvalue weighted by Crippen LogP contribution is 2.18. The van der Waals surface area contributed by atoms with E-state index in [9.17, 15) is 4.79 Å². The number of unbranched alkanes of at least 4 members (excludes halogenated alkanes) is 4. The fraction of sp³-hybridized carbons (Fsp3) is 0.333. The minimum Gasteiger partial charge on any atom is -0.267 e. The molecule has 2 rings (SSSR count). The number of benzene rings is 2. The van der Waals surface area contributed by atoms with E-state index in [1.165, 1.54) is 19.3 Å². The number of nitrogens with zero attached hydrogens (tertiary/aromatic N) is 1. The van der Waals surface area contributed by atoms with Crippen LogP contribution >= 0.6 is 0 Å². The fourth-order valence-corrected chi connectivity index (χ4v) is 2.31. The van der Waals surface area contributed by atoms with Crippen LogP contribution in [0.1, 0.15) is 49.4 Å². The molecule has 0 bridgehead atoms. The van der Waals surface area contributed by atoms with Crippen LogP contribution in [0.25, 0.3) is 10.8 Å². The Morgan fingerprint density at radius 2 is 1.90 bits per heavy atom. The minimum absolute atomic E-state index is 0.156. The lowest BCUT2D eigenvalue weighted by Crippen LogP contribution is -2.17. The monoisotopic (exact) mass is 282 g/mol. The molecule has 0 atom stereocenters. The molecule has 110 valence electrons. The number of fused-ring (bicyclic) bond motifs is 1. The van der Waals surface area contributed by atoms with E-state index in [0.717, 1.165) is 23.6 Å². The first-order valence-corrected chi connectivity index (χ1v) is 7.62. The molecule has 2 aromatic rings. The molecule has 0 aliphatic rings. The quantitative estimate of drug-likeness (QED) is 0.452. The van der Waals surface area contributed by atoms with E-state index < -0.39 is 0 Å². The van der Waals surface area contributed by atoms with Gasteiger partial charge in [-0.25, -0.2) is 5.43 Å². The zero-order valence-corrected chi connectivity index (χ0v) is 12.5. The number of carbonyl (C=O) groups is 1. The number of hydrogen-bond acceptors (Lipinski definition) is 2. The molecule has 1 N–H and O–H groups in total. The molecule has 0 aromatic heterocycles. The standard InChI is InChI=1S/C18H22N2O/c1-2-3-4-5-8-14-19-20-18(21)17-13-9-11-15-10-6-7-12-16(15)17/h6-7,9-14H,2-5,8H2,1H3,(H,20,21). The number of carbonyl (C=O) groups excluding carboxylic acids is 1. The average Bonchev–Trinajstić information content (AvgIpc) is 2.53. The SMILES string of the molecule is CCCCCCC=NNC(=O)c1cccc2ccccc12. The van der Waals surface area contributed by atoms with Crippen LogP contribution in [0.2, 0.25) is 0 Å². The number of nitrogens with one attached hydrogen (secondary N) is 1.